The van der Waals surface area contributed by atoms with E-state index in [4.69, 9.17) is 5.26 Å². The average Bonchev–Trinajstić information content (AvgIpc) is 3.07. The second-order valence-corrected chi connectivity index (χ2v) is 4.88. The highest BCUT2D eigenvalue weighted by Crippen LogP contribution is 2.48. The van der Waals surface area contributed by atoms with E-state index >= 15 is 0 Å². The predicted molar refractivity (Wildman–Crippen MR) is 61.8 cm³/mol. The molecule has 1 aromatic rings. The van der Waals surface area contributed by atoms with E-state index in [-0.39, 0.29) is 11.1 Å². The van der Waals surface area contributed by atoms with Crippen LogP contribution in [0.4, 0.5) is 23.2 Å². The maximum atomic E-state index is 13.1. The molecule has 102 valence electrons. The van der Waals surface area contributed by atoms with Crippen LogP contribution in [0.15, 0.2) is 18.2 Å². The van der Waals surface area contributed by atoms with Crippen LogP contribution in [0.5, 0.6) is 0 Å². The number of halogens is 4. The van der Waals surface area contributed by atoms with Crippen LogP contribution in [0.25, 0.3) is 0 Å². The van der Waals surface area contributed by atoms with E-state index in [1.807, 2.05) is 0 Å². The minimum Gasteiger partial charge on any atom is -0.384 e. The molecular weight excluding hydrogens is 260 g/mol. The molecule has 0 saturated heterocycles. The van der Waals surface area contributed by atoms with Crippen molar-refractivity contribution in [1.82, 2.24) is 0 Å². The normalized spacial score (nSPS) is 16.8. The van der Waals surface area contributed by atoms with Gasteiger partial charge in [0.25, 0.3) is 0 Å². The lowest BCUT2D eigenvalue weighted by atomic mass is 10.0. The lowest BCUT2D eigenvalue weighted by Gasteiger charge is -2.15. The minimum atomic E-state index is -4.70. The summed E-state index contributed by atoms with van der Waals surface area (Å²) in [6.07, 6.45) is -2.54. The van der Waals surface area contributed by atoms with Crippen molar-refractivity contribution in [2.45, 2.75) is 25.4 Å². The van der Waals surface area contributed by atoms with E-state index in [1.54, 1.807) is 0 Å². The number of benzene rings is 1. The van der Waals surface area contributed by atoms with Gasteiger partial charge in [-0.2, -0.15) is 18.4 Å². The second kappa shape index (κ2) is 4.72. The van der Waals surface area contributed by atoms with E-state index in [9.17, 15) is 17.6 Å². The average molecular weight is 272 g/mol. The molecule has 0 aromatic heterocycles. The highest BCUT2D eigenvalue weighted by Gasteiger charge is 2.42. The Hall–Kier alpha value is -1.77. The molecule has 0 heterocycles. The number of hydrogen-bond acceptors (Lipinski definition) is 2. The Labute approximate surface area is 108 Å². The fraction of sp³-hybridized carbons (Fsp3) is 0.462. The Morgan fingerprint density at radius 1 is 1.32 bits per heavy atom. The van der Waals surface area contributed by atoms with Gasteiger partial charge in [0.15, 0.2) is 0 Å². The maximum Gasteiger partial charge on any atom is 0.419 e. The summed E-state index contributed by atoms with van der Waals surface area (Å²) in [5.74, 6) is -1.28. The Morgan fingerprint density at radius 2 is 2.00 bits per heavy atom. The molecule has 1 aliphatic carbocycles. The lowest BCUT2D eigenvalue weighted by Crippen LogP contribution is -2.16. The number of nitrogens with one attached hydrogen (secondary N) is 1. The van der Waals surface area contributed by atoms with Crippen molar-refractivity contribution in [3.05, 3.63) is 29.6 Å². The first-order chi connectivity index (χ1) is 8.86. The van der Waals surface area contributed by atoms with Crippen LogP contribution in [0.3, 0.4) is 0 Å². The van der Waals surface area contributed by atoms with Crippen molar-refractivity contribution < 1.29 is 17.6 Å². The molecular formula is C13H12F4N2. The van der Waals surface area contributed by atoms with E-state index in [0.717, 1.165) is 25.0 Å². The van der Waals surface area contributed by atoms with Gasteiger partial charge in [0.1, 0.15) is 5.82 Å². The molecule has 2 rings (SSSR count). The molecule has 0 aliphatic heterocycles. The lowest BCUT2D eigenvalue weighted by molar-refractivity contribution is -0.139. The van der Waals surface area contributed by atoms with E-state index < -0.39 is 17.6 Å². The summed E-state index contributed by atoms with van der Waals surface area (Å²) in [4.78, 5) is 0. The molecule has 6 heteroatoms. The van der Waals surface area contributed by atoms with Gasteiger partial charge in [-0.05, 0) is 31.0 Å². The number of nitriles is 1. The van der Waals surface area contributed by atoms with Crippen molar-refractivity contribution in [3.63, 3.8) is 0 Å². The third-order valence-electron chi connectivity index (χ3n) is 3.35. The molecule has 1 N–H and O–H groups in total. The summed E-state index contributed by atoms with van der Waals surface area (Å²) >= 11 is 0. The first-order valence-corrected chi connectivity index (χ1v) is 5.84. The molecule has 1 aromatic carbocycles. The van der Waals surface area contributed by atoms with Crippen molar-refractivity contribution in [2.75, 3.05) is 11.9 Å². The van der Waals surface area contributed by atoms with E-state index in [0.29, 0.717) is 13.0 Å². The van der Waals surface area contributed by atoms with Crippen LogP contribution in [0, 0.1) is 22.6 Å². The number of nitrogens with zero attached hydrogens (tertiary/aromatic N) is 1. The molecule has 0 amide bonds. The number of rotatable bonds is 4. The fourth-order valence-corrected chi connectivity index (χ4v) is 1.90. The molecule has 0 bridgehead atoms. The van der Waals surface area contributed by atoms with Gasteiger partial charge < -0.3 is 5.32 Å². The van der Waals surface area contributed by atoms with Gasteiger partial charge in [0.05, 0.1) is 11.6 Å². The summed E-state index contributed by atoms with van der Waals surface area (Å²) in [6.45, 7) is 0.434. The Morgan fingerprint density at radius 3 is 2.53 bits per heavy atom. The van der Waals surface area contributed by atoms with Crippen LogP contribution in [0.1, 0.15) is 24.8 Å². The zero-order chi connectivity index (χ0) is 14.1. The largest absolute Gasteiger partial charge is 0.419 e. The monoisotopic (exact) mass is 272 g/mol. The quantitative estimate of drug-likeness (QED) is 0.842. The van der Waals surface area contributed by atoms with Crippen molar-refractivity contribution in [1.29, 1.82) is 5.26 Å². The van der Waals surface area contributed by atoms with Crippen LogP contribution < -0.4 is 5.32 Å². The minimum absolute atomic E-state index is 0.123. The Kier molecular flexibility index (Phi) is 3.40. The molecule has 0 atom stereocenters. The van der Waals surface area contributed by atoms with Gasteiger partial charge in [-0.3, -0.25) is 0 Å². The zero-order valence-corrected chi connectivity index (χ0v) is 10.0. The van der Waals surface area contributed by atoms with Crippen molar-refractivity contribution >= 4 is 5.69 Å². The predicted octanol–water partition coefficient (Wildman–Crippen LogP) is 3.95. The van der Waals surface area contributed by atoms with Gasteiger partial charge in [-0.15, -0.1) is 0 Å². The summed E-state index contributed by atoms with van der Waals surface area (Å²) in [7, 11) is 0. The highest BCUT2D eigenvalue weighted by molar-refractivity contribution is 5.47. The molecule has 1 saturated carbocycles. The van der Waals surface area contributed by atoms with Crippen LogP contribution >= 0.6 is 0 Å². The van der Waals surface area contributed by atoms with Crippen LogP contribution in [0.2, 0.25) is 0 Å². The van der Waals surface area contributed by atoms with Gasteiger partial charge >= 0.3 is 6.18 Å². The summed E-state index contributed by atoms with van der Waals surface area (Å²) in [6, 6.07) is 4.90. The number of hydrogen-bond donors (Lipinski definition) is 1. The third-order valence-corrected chi connectivity index (χ3v) is 3.35. The summed E-state index contributed by atoms with van der Waals surface area (Å²) in [5.41, 5.74) is -1.18. The molecule has 19 heavy (non-hydrogen) atoms. The molecule has 0 spiro atoms. The molecule has 1 aliphatic rings. The van der Waals surface area contributed by atoms with E-state index in [1.165, 1.54) is 6.07 Å². The first kappa shape index (κ1) is 13.7. The van der Waals surface area contributed by atoms with Crippen molar-refractivity contribution in [2.24, 2.45) is 5.41 Å². The Bertz CT molecular complexity index is 512. The van der Waals surface area contributed by atoms with Gasteiger partial charge in [-0.1, -0.05) is 0 Å². The zero-order valence-electron chi connectivity index (χ0n) is 10.0. The number of alkyl halides is 3. The molecule has 0 radical (unpaired) electrons. The third kappa shape index (κ3) is 3.16. The SMILES string of the molecule is N#CCC1(CNc2ccc(F)c(C(F)(F)F)c2)CC1. The topological polar surface area (TPSA) is 35.8 Å². The molecule has 1 fully saturated rings. The second-order valence-electron chi connectivity index (χ2n) is 4.88. The standard InChI is InChI=1S/C13H12F4N2/c14-11-2-1-9(7-10(11)13(15,16)17)19-8-12(3-4-12)5-6-18/h1-2,7,19H,3-5,8H2. The van der Waals surface area contributed by atoms with Gasteiger partial charge in [-0.25, -0.2) is 4.39 Å². The maximum absolute atomic E-state index is 13.1. The van der Waals surface area contributed by atoms with Gasteiger partial charge in [0.2, 0.25) is 0 Å². The Balaban J connectivity index is 2.08. The molecule has 0 unspecified atom stereocenters. The van der Waals surface area contributed by atoms with Crippen molar-refractivity contribution in [3.8, 4) is 6.07 Å². The smallest absolute Gasteiger partial charge is 0.384 e. The number of anilines is 1. The highest BCUT2D eigenvalue weighted by atomic mass is 19.4. The van der Waals surface area contributed by atoms with Crippen LogP contribution in [-0.4, -0.2) is 6.54 Å². The van der Waals surface area contributed by atoms with Crippen LogP contribution in [-0.2, 0) is 6.18 Å². The van der Waals surface area contributed by atoms with Gasteiger partial charge in [0, 0.05) is 24.1 Å². The first-order valence-electron chi connectivity index (χ1n) is 5.84. The molecule has 2 nitrogen and oxygen atoms in total. The summed E-state index contributed by atoms with van der Waals surface area (Å²) in [5, 5.41) is 11.5. The van der Waals surface area contributed by atoms with E-state index in [2.05, 4.69) is 11.4 Å². The summed E-state index contributed by atoms with van der Waals surface area (Å²) < 4.78 is 50.7. The fourth-order valence-electron chi connectivity index (χ4n) is 1.90.